The average Bonchev–Trinajstić information content (AvgIpc) is 3.21. The number of amides is 1. The second-order valence-electron chi connectivity index (χ2n) is 7.83. The lowest BCUT2D eigenvalue weighted by atomic mass is 9.79. The number of carboxylic acid groups (broad SMARTS) is 1. The van der Waals surface area contributed by atoms with E-state index >= 15 is 0 Å². The van der Waals surface area contributed by atoms with Crippen LogP contribution in [0.2, 0.25) is 0 Å². The Bertz CT molecular complexity index is 900. The number of nitrogens with zero attached hydrogens (tertiary/aromatic N) is 3. The molecule has 0 aromatic carbocycles. The van der Waals surface area contributed by atoms with Gasteiger partial charge in [0.2, 0.25) is 15.9 Å². The molecule has 0 aromatic heterocycles. The summed E-state index contributed by atoms with van der Waals surface area (Å²) in [6.07, 6.45) is -0.233. The molecule has 10 nitrogen and oxygen atoms in total. The summed E-state index contributed by atoms with van der Waals surface area (Å²) in [5.74, 6) is -2.25. The summed E-state index contributed by atoms with van der Waals surface area (Å²) in [7, 11) is -1.89. The fourth-order valence-corrected chi connectivity index (χ4v) is 6.27. The molecule has 3 aliphatic heterocycles. The first kappa shape index (κ1) is 23.2. The van der Waals surface area contributed by atoms with Crippen LogP contribution in [0.5, 0.6) is 0 Å². The molecule has 1 unspecified atom stereocenters. The third-order valence-electron chi connectivity index (χ3n) is 5.87. The topological polar surface area (TPSA) is 140 Å². The number of β-lactam (4-membered cyclic amide) rings is 1. The molecule has 30 heavy (non-hydrogen) atoms. The lowest BCUT2D eigenvalue weighted by Crippen LogP contribution is -2.63. The SMILES string of the molecule is CCS(=O)(=O)N(C)NCC1=NC[C@@H](SC2=C(C(=O)O)N3C(=O)[C@H](C(C)O)[C@H]3[C@H]2C)C1. The first-order chi connectivity index (χ1) is 14.0. The maximum absolute atomic E-state index is 12.4. The summed E-state index contributed by atoms with van der Waals surface area (Å²) < 4.78 is 24.7. The highest BCUT2D eigenvalue weighted by molar-refractivity contribution is 8.03. The fraction of sp³-hybridized carbons (Fsp3) is 0.722. The largest absolute Gasteiger partial charge is 0.477 e. The van der Waals surface area contributed by atoms with E-state index in [4.69, 9.17) is 0 Å². The molecule has 1 fully saturated rings. The molecule has 3 N–H and O–H groups in total. The monoisotopic (exact) mass is 460 g/mol. The van der Waals surface area contributed by atoms with Crippen molar-refractivity contribution in [1.29, 1.82) is 0 Å². The molecule has 3 heterocycles. The molecular weight excluding hydrogens is 432 g/mol. The van der Waals surface area contributed by atoms with Crippen molar-refractivity contribution in [1.82, 2.24) is 14.7 Å². The molecule has 0 radical (unpaired) electrons. The van der Waals surface area contributed by atoms with Crippen LogP contribution in [0.1, 0.15) is 27.2 Å². The van der Waals surface area contributed by atoms with Gasteiger partial charge in [-0.3, -0.25) is 9.79 Å². The fourth-order valence-electron chi connectivity index (χ4n) is 4.18. The number of hydrazine groups is 1. The van der Waals surface area contributed by atoms with Gasteiger partial charge in [0.1, 0.15) is 5.70 Å². The Labute approximate surface area is 180 Å². The number of aliphatic hydroxyl groups is 1. The van der Waals surface area contributed by atoms with Crippen LogP contribution < -0.4 is 5.43 Å². The molecule has 0 aromatic rings. The van der Waals surface area contributed by atoms with Crippen molar-refractivity contribution in [3.8, 4) is 0 Å². The number of carbonyl (C=O) groups excluding carboxylic acids is 1. The zero-order valence-electron chi connectivity index (χ0n) is 17.4. The first-order valence-corrected chi connectivity index (χ1v) is 12.4. The van der Waals surface area contributed by atoms with Gasteiger partial charge in [0.25, 0.3) is 0 Å². The zero-order chi connectivity index (χ0) is 22.4. The summed E-state index contributed by atoms with van der Waals surface area (Å²) >= 11 is 1.42. The summed E-state index contributed by atoms with van der Waals surface area (Å²) in [6, 6.07) is -0.331. The highest BCUT2D eigenvalue weighted by Crippen LogP contribution is 2.51. The predicted molar refractivity (Wildman–Crippen MR) is 113 cm³/mol. The van der Waals surface area contributed by atoms with Gasteiger partial charge in [-0.2, -0.15) is 0 Å². The average molecular weight is 461 g/mol. The van der Waals surface area contributed by atoms with Crippen LogP contribution in [-0.2, 0) is 19.6 Å². The quantitative estimate of drug-likeness (QED) is 0.319. The normalized spacial score (nSPS) is 29.9. The maximum Gasteiger partial charge on any atom is 0.353 e. The molecule has 1 saturated heterocycles. The van der Waals surface area contributed by atoms with E-state index < -0.39 is 28.0 Å². The van der Waals surface area contributed by atoms with Gasteiger partial charge in [-0.1, -0.05) is 6.92 Å². The molecule has 0 saturated carbocycles. The van der Waals surface area contributed by atoms with Gasteiger partial charge in [0.05, 0.1) is 30.4 Å². The van der Waals surface area contributed by atoms with Crippen LogP contribution in [0.25, 0.3) is 0 Å². The summed E-state index contributed by atoms with van der Waals surface area (Å²) in [4.78, 5) is 30.7. The van der Waals surface area contributed by atoms with Crippen molar-refractivity contribution in [3.63, 3.8) is 0 Å². The van der Waals surface area contributed by atoms with E-state index in [1.807, 2.05) is 6.92 Å². The number of aliphatic hydroxyl groups excluding tert-OH is 1. The molecule has 5 atom stereocenters. The van der Waals surface area contributed by atoms with Crippen molar-refractivity contribution in [3.05, 3.63) is 10.6 Å². The Balaban J connectivity index is 1.65. The molecule has 0 bridgehead atoms. The number of aliphatic imine (C=N–C) groups is 1. The highest BCUT2D eigenvalue weighted by atomic mass is 32.2. The van der Waals surface area contributed by atoms with Gasteiger partial charge in [0, 0.05) is 41.8 Å². The van der Waals surface area contributed by atoms with Crippen LogP contribution in [0.15, 0.2) is 15.6 Å². The number of carboxylic acids is 1. The van der Waals surface area contributed by atoms with Crippen molar-refractivity contribution >= 4 is 39.4 Å². The smallest absolute Gasteiger partial charge is 0.353 e. The molecule has 3 aliphatic rings. The minimum Gasteiger partial charge on any atom is -0.477 e. The molecule has 12 heteroatoms. The Kier molecular flexibility index (Phi) is 6.63. The van der Waals surface area contributed by atoms with Gasteiger partial charge in [-0.05, 0) is 13.8 Å². The number of carbonyl (C=O) groups is 2. The molecular formula is C18H28N4O6S2. The molecule has 0 spiro atoms. The Hall–Kier alpha value is -1.47. The van der Waals surface area contributed by atoms with E-state index in [2.05, 4.69) is 10.4 Å². The lowest BCUT2D eigenvalue weighted by molar-refractivity contribution is -0.163. The van der Waals surface area contributed by atoms with E-state index in [9.17, 15) is 28.2 Å². The Morgan fingerprint density at radius 1 is 1.47 bits per heavy atom. The maximum atomic E-state index is 12.4. The van der Waals surface area contributed by atoms with E-state index in [1.165, 1.54) is 23.7 Å². The van der Waals surface area contributed by atoms with E-state index in [1.54, 1.807) is 13.8 Å². The number of thioether (sulfide) groups is 1. The van der Waals surface area contributed by atoms with E-state index in [0.717, 1.165) is 10.1 Å². The number of rotatable bonds is 9. The van der Waals surface area contributed by atoms with Crippen molar-refractivity contribution < 1.29 is 28.2 Å². The van der Waals surface area contributed by atoms with Gasteiger partial charge in [-0.25, -0.2) is 18.6 Å². The Morgan fingerprint density at radius 3 is 2.70 bits per heavy atom. The van der Waals surface area contributed by atoms with Gasteiger partial charge in [0.15, 0.2) is 0 Å². The molecule has 1 amide bonds. The summed E-state index contributed by atoms with van der Waals surface area (Å²) in [5.41, 5.74) is 3.66. The molecule has 168 valence electrons. The summed E-state index contributed by atoms with van der Waals surface area (Å²) in [6.45, 7) is 5.80. The molecule has 3 rings (SSSR count). The lowest BCUT2D eigenvalue weighted by Gasteiger charge is -2.46. The van der Waals surface area contributed by atoms with Crippen LogP contribution in [-0.4, -0.2) is 88.8 Å². The van der Waals surface area contributed by atoms with Gasteiger partial charge >= 0.3 is 5.97 Å². The van der Waals surface area contributed by atoms with E-state index in [-0.39, 0.29) is 34.6 Å². The first-order valence-electron chi connectivity index (χ1n) is 9.87. The third kappa shape index (κ3) is 4.03. The van der Waals surface area contributed by atoms with Crippen LogP contribution in [0.3, 0.4) is 0 Å². The molecule has 0 aliphatic carbocycles. The van der Waals surface area contributed by atoms with Gasteiger partial charge in [-0.15, -0.1) is 16.2 Å². The van der Waals surface area contributed by atoms with E-state index in [0.29, 0.717) is 24.4 Å². The minimum atomic E-state index is -3.34. The highest BCUT2D eigenvalue weighted by Gasteiger charge is 2.60. The second-order valence-corrected chi connectivity index (χ2v) is 11.5. The minimum absolute atomic E-state index is 0.00466. The standard InChI is InChI=1S/C18H28N4O6S2/c1-5-30(27,28)21(4)20-7-11-6-12(8-19-11)29-16-9(2)14-13(10(3)23)17(24)22(14)15(16)18(25)26/h9-10,12-14,20,23H,5-8H2,1-4H3,(H,25,26)/t9-,10?,12+,13-,14-/m1/s1. The second kappa shape index (κ2) is 8.58. The van der Waals surface area contributed by atoms with Crippen molar-refractivity contribution in [2.45, 2.75) is 44.6 Å². The number of hydrogen-bond acceptors (Lipinski definition) is 8. The number of nitrogens with one attached hydrogen (secondary N) is 1. The number of fused-ring (bicyclic) bond motifs is 1. The number of sulfonamides is 1. The zero-order valence-corrected chi connectivity index (χ0v) is 19.0. The van der Waals surface area contributed by atoms with Crippen molar-refractivity contribution in [2.75, 3.05) is 25.9 Å². The van der Waals surface area contributed by atoms with Crippen LogP contribution in [0, 0.1) is 11.8 Å². The number of aliphatic carboxylic acids is 1. The van der Waals surface area contributed by atoms with Crippen molar-refractivity contribution in [2.24, 2.45) is 16.8 Å². The third-order valence-corrected chi connectivity index (χ3v) is 9.04. The predicted octanol–water partition coefficient (Wildman–Crippen LogP) is -0.127. The Morgan fingerprint density at radius 2 is 2.13 bits per heavy atom. The van der Waals surface area contributed by atoms with Crippen LogP contribution >= 0.6 is 11.8 Å². The number of hydrogen-bond donors (Lipinski definition) is 3. The van der Waals surface area contributed by atoms with Crippen LogP contribution in [0.4, 0.5) is 0 Å². The summed E-state index contributed by atoms with van der Waals surface area (Å²) in [5, 5.41) is 19.6. The van der Waals surface area contributed by atoms with Gasteiger partial charge < -0.3 is 15.1 Å².